The number of hydrogen-bond acceptors (Lipinski definition) is 13. The summed E-state index contributed by atoms with van der Waals surface area (Å²) < 4.78 is 0. The lowest BCUT2D eigenvalue weighted by Gasteiger charge is -2.23. The lowest BCUT2D eigenvalue weighted by molar-refractivity contribution is 0.0630. The summed E-state index contributed by atoms with van der Waals surface area (Å²) in [6.07, 6.45) is 5.88. The number of alkyl halides is 1. The Bertz CT molecular complexity index is 1860. The van der Waals surface area contributed by atoms with Gasteiger partial charge in [-0.3, -0.25) is 48.4 Å². The molecule has 3 heterocycles. The molecule has 3 aliphatic rings. The number of unbranched alkanes of at least 4 members (excludes halogenated alkanes) is 1. The van der Waals surface area contributed by atoms with Gasteiger partial charge < -0.3 is 31.5 Å². The first-order valence-corrected chi connectivity index (χ1v) is 24.6. The van der Waals surface area contributed by atoms with Gasteiger partial charge in [0, 0.05) is 57.8 Å². The summed E-state index contributed by atoms with van der Waals surface area (Å²) in [5, 5.41) is 3.86. The highest BCUT2D eigenvalue weighted by Gasteiger charge is 2.36. The molecule has 0 aliphatic carbocycles. The number of nitrogens with two attached hydrogens (primary N) is 2. The van der Waals surface area contributed by atoms with Crippen LogP contribution in [0.2, 0.25) is 0 Å². The molecule has 0 saturated carbocycles. The van der Waals surface area contributed by atoms with Crippen molar-refractivity contribution in [2.75, 3.05) is 126 Å². The molecule has 3 aromatic carbocycles. The molecular formula is C50H75BrN10O6. The second kappa shape index (κ2) is 30.6. The number of likely N-dealkylation sites (N-methyl/N-ethyl adjacent to an activating group) is 4. The van der Waals surface area contributed by atoms with Crippen LogP contribution in [0.1, 0.15) is 108 Å². The Morgan fingerprint density at radius 1 is 0.463 bits per heavy atom. The standard InChI is InChI=1S/C26H30N4O4.C11H10BrNO2.C8H22N4.C5H13N/c1-27(13-7-15-29-23(31)19-9-3-4-10-20(19)24(29)32)17-18-28(2)14-8-16-30-25(33)21-11-5-6-12-22(21)26(30)34;12-6-3-7-13-10(14)8-4-1-2-5-9(8)11(13)15;1-11(5-3-4-9)6-7-12(2)8-10;1-3-4-5-6-2/h3-6,9-12H,7-8,13-18H2,1-2H3;1-2,4-5H,3,6-7H2;3-10H2,1-2H3;6H,3-5H2,1-2H3. The zero-order valence-corrected chi connectivity index (χ0v) is 42.3. The third kappa shape index (κ3) is 17.4. The number of carbonyl (C=O) groups excluding carboxylic acids is 6. The predicted molar refractivity (Wildman–Crippen MR) is 270 cm³/mol. The van der Waals surface area contributed by atoms with Gasteiger partial charge in [-0.1, -0.05) is 65.7 Å². The van der Waals surface area contributed by atoms with Gasteiger partial charge >= 0.3 is 0 Å². The van der Waals surface area contributed by atoms with Crippen molar-refractivity contribution >= 4 is 51.4 Å². The minimum absolute atomic E-state index is 0.170. The number of halogens is 1. The van der Waals surface area contributed by atoms with Crippen LogP contribution in [0.15, 0.2) is 72.8 Å². The van der Waals surface area contributed by atoms with E-state index < -0.39 is 0 Å². The van der Waals surface area contributed by atoms with E-state index in [4.69, 9.17) is 11.5 Å². The molecule has 0 bridgehead atoms. The van der Waals surface area contributed by atoms with Crippen molar-refractivity contribution in [3.05, 3.63) is 106 Å². The zero-order valence-electron chi connectivity index (χ0n) is 40.7. The summed E-state index contributed by atoms with van der Waals surface area (Å²) in [5.41, 5.74) is 13.9. The van der Waals surface area contributed by atoms with E-state index in [1.807, 2.05) is 28.2 Å². The summed E-state index contributed by atoms with van der Waals surface area (Å²) in [7, 11) is 10.2. The molecule has 0 fully saturated rings. The maximum absolute atomic E-state index is 12.4. The van der Waals surface area contributed by atoms with Crippen LogP contribution < -0.4 is 16.8 Å². The molecule has 3 aliphatic heterocycles. The first-order chi connectivity index (χ1) is 32.2. The molecule has 0 saturated heterocycles. The number of nitrogens with one attached hydrogen (secondary N) is 1. The van der Waals surface area contributed by atoms with Crippen molar-refractivity contribution in [2.24, 2.45) is 11.5 Å². The predicted octanol–water partition coefficient (Wildman–Crippen LogP) is 4.41. The maximum atomic E-state index is 12.4. The molecule has 16 nitrogen and oxygen atoms in total. The van der Waals surface area contributed by atoms with E-state index in [0.29, 0.717) is 72.5 Å². The van der Waals surface area contributed by atoms with E-state index in [2.05, 4.69) is 54.8 Å². The Morgan fingerprint density at radius 3 is 1.01 bits per heavy atom. The number of carbonyl (C=O) groups is 6. The third-order valence-electron chi connectivity index (χ3n) is 11.6. The molecular weight excluding hydrogens is 917 g/mol. The van der Waals surface area contributed by atoms with Gasteiger partial charge in [0.2, 0.25) is 0 Å². The quantitative estimate of drug-likeness (QED) is 0.0496. The molecule has 3 aromatic rings. The average molecular weight is 992 g/mol. The highest BCUT2D eigenvalue weighted by Crippen LogP contribution is 2.24. The summed E-state index contributed by atoms with van der Waals surface area (Å²) in [4.78, 5) is 86.1. The lowest BCUT2D eigenvalue weighted by atomic mass is 10.1. The van der Waals surface area contributed by atoms with Gasteiger partial charge in [-0.15, -0.1) is 0 Å². The van der Waals surface area contributed by atoms with Gasteiger partial charge in [0.1, 0.15) is 0 Å². The second-order valence-corrected chi connectivity index (χ2v) is 17.7. The van der Waals surface area contributed by atoms with Gasteiger partial charge in [-0.25, -0.2) is 0 Å². The molecule has 6 amide bonds. The molecule has 0 atom stereocenters. The van der Waals surface area contributed by atoms with E-state index >= 15 is 0 Å². The van der Waals surface area contributed by atoms with Crippen LogP contribution in [-0.2, 0) is 0 Å². The molecule has 67 heavy (non-hydrogen) atoms. The minimum Gasteiger partial charge on any atom is -0.330 e. The Morgan fingerprint density at radius 2 is 0.761 bits per heavy atom. The number of benzene rings is 3. The molecule has 17 heteroatoms. The number of imide groups is 3. The van der Waals surface area contributed by atoms with E-state index in [-0.39, 0.29) is 35.4 Å². The van der Waals surface area contributed by atoms with Gasteiger partial charge in [0.15, 0.2) is 0 Å². The van der Waals surface area contributed by atoms with Crippen LogP contribution in [0.4, 0.5) is 0 Å². The smallest absolute Gasteiger partial charge is 0.261 e. The van der Waals surface area contributed by atoms with Crippen LogP contribution in [0.25, 0.3) is 0 Å². The summed E-state index contributed by atoms with van der Waals surface area (Å²) >= 11 is 3.28. The van der Waals surface area contributed by atoms with E-state index in [0.717, 1.165) is 77.1 Å². The largest absolute Gasteiger partial charge is 0.330 e. The van der Waals surface area contributed by atoms with Crippen molar-refractivity contribution in [1.29, 1.82) is 0 Å². The Kier molecular flexibility index (Phi) is 25.9. The van der Waals surface area contributed by atoms with E-state index in [1.54, 1.807) is 72.8 Å². The molecule has 0 spiro atoms. The fraction of sp³-hybridized carbons (Fsp3) is 0.520. The zero-order chi connectivity index (χ0) is 49.3. The van der Waals surface area contributed by atoms with Crippen molar-refractivity contribution in [3.63, 3.8) is 0 Å². The lowest BCUT2D eigenvalue weighted by Crippen LogP contribution is -2.36. The summed E-state index contributed by atoms with van der Waals surface area (Å²) in [5.74, 6) is -1.17. The average Bonchev–Trinajstić information content (AvgIpc) is 3.85. The first-order valence-electron chi connectivity index (χ1n) is 23.5. The Balaban J connectivity index is 0.000000295. The number of rotatable bonds is 24. The number of fused-ring (bicyclic) bond motifs is 3. The van der Waals surface area contributed by atoms with Crippen LogP contribution in [0.5, 0.6) is 0 Å². The third-order valence-corrected chi connectivity index (χ3v) is 12.1. The van der Waals surface area contributed by atoms with Gasteiger partial charge in [-0.05, 0) is 136 Å². The molecule has 0 unspecified atom stereocenters. The summed E-state index contributed by atoms with van der Waals surface area (Å²) in [6, 6.07) is 20.9. The molecule has 5 N–H and O–H groups in total. The molecule has 0 aromatic heterocycles. The first kappa shape index (κ1) is 56.6. The monoisotopic (exact) mass is 991 g/mol. The van der Waals surface area contributed by atoms with Crippen molar-refractivity contribution in [2.45, 2.75) is 45.4 Å². The van der Waals surface area contributed by atoms with Crippen LogP contribution in [0.3, 0.4) is 0 Å². The normalized spacial score (nSPS) is 13.8. The maximum Gasteiger partial charge on any atom is 0.261 e. The van der Waals surface area contributed by atoms with E-state index in [9.17, 15) is 28.8 Å². The second-order valence-electron chi connectivity index (χ2n) is 16.9. The number of nitrogens with zero attached hydrogens (tertiary/aromatic N) is 7. The Labute approximate surface area is 407 Å². The van der Waals surface area contributed by atoms with Crippen molar-refractivity contribution in [3.8, 4) is 0 Å². The molecule has 6 rings (SSSR count). The van der Waals surface area contributed by atoms with Crippen LogP contribution >= 0.6 is 15.9 Å². The highest BCUT2D eigenvalue weighted by atomic mass is 79.9. The summed E-state index contributed by atoms with van der Waals surface area (Å²) in [6.45, 7) is 12.5. The topological polar surface area (TPSA) is 189 Å². The fourth-order valence-electron chi connectivity index (χ4n) is 7.37. The Hall–Kier alpha value is -4.72. The number of hydrogen-bond donors (Lipinski definition) is 3. The SMILES string of the molecule is CCCCNC.CN(CCCN1C(=O)c2ccccc2C1=O)CCN(C)CCCN1C(=O)c2ccccc2C1=O.CN(CN)CCN(C)CCCN.O=C1c2ccccc2C(=O)N1CCCBr. The van der Waals surface area contributed by atoms with Gasteiger partial charge in [0.25, 0.3) is 35.4 Å². The fourth-order valence-corrected chi connectivity index (χ4v) is 7.62. The highest BCUT2D eigenvalue weighted by molar-refractivity contribution is 9.09. The minimum atomic E-state index is -0.207. The van der Waals surface area contributed by atoms with Crippen molar-refractivity contribution < 1.29 is 28.8 Å². The van der Waals surface area contributed by atoms with Crippen LogP contribution in [-0.4, -0.2) is 196 Å². The van der Waals surface area contributed by atoms with Gasteiger partial charge in [-0.2, -0.15) is 0 Å². The number of amides is 6. The van der Waals surface area contributed by atoms with E-state index in [1.165, 1.54) is 27.5 Å². The molecule has 0 radical (unpaired) electrons. The van der Waals surface area contributed by atoms with Crippen molar-refractivity contribution in [1.82, 2.24) is 39.6 Å². The van der Waals surface area contributed by atoms with Crippen LogP contribution in [0, 0.1) is 0 Å². The molecule has 368 valence electrons. The van der Waals surface area contributed by atoms with Gasteiger partial charge in [0.05, 0.1) is 33.4 Å².